The third-order valence-corrected chi connectivity index (χ3v) is 6.55. The summed E-state index contributed by atoms with van der Waals surface area (Å²) < 4.78 is 45.4. The Hall–Kier alpha value is -2.33. The van der Waals surface area contributed by atoms with Crippen LogP contribution >= 0.6 is 0 Å². The van der Waals surface area contributed by atoms with E-state index in [1.54, 1.807) is 0 Å². The molecule has 1 saturated heterocycles. The van der Waals surface area contributed by atoms with Gasteiger partial charge in [-0.3, -0.25) is 9.69 Å². The van der Waals surface area contributed by atoms with Gasteiger partial charge in [0.2, 0.25) is 10.0 Å². The van der Waals surface area contributed by atoms with Crippen LogP contribution in [-0.2, 0) is 14.8 Å². The molecule has 1 amide bonds. The van der Waals surface area contributed by atoms with Crippen LogP contribution in [0.1, 0.15) is 27.5 Å². The van der Waals surface area contributed by atoms with Crippen molar-refractivity contribution in [3.8, 4) is 0 Å². The van der Waals surface area contributed by atoms with Crippen LogP contribution in [0.5, 0.6) is 0 Å². The number of sulfonamides is 1. The van der Waals surface area contributed by atoms with Crippen LogP contribution in [0.2, 0.25) is 0 Å². The summed E-state index contributed by atoms with van der Waals surface area (Å²) in [6, 6.07) is 11.4. The van der Waals surface area contributed by atoms with E-state index in [-0.39, 0.29) is 11.6 Å². The van der Waals surface area contributed by atoms with Gasteiger partial charge in [-0.05, 0) is 37.7 Å². The van der Waals surface area contributed by atoms with E-state index in [4.69, 9.17) is 4.74 Å². The van der Waals surface area contributed by atoms with E-state index in [9.17, 15) is 17.6 Å². The van der Waals surface area contributed by atoms with Gasteiger partial charge in [0, 0.05) is 25.2 Å². The van der Waals surface area contributed by atoms with Crippen molar-refractivity contribution in [2.75, 3.05) is 39.9 Å². The first kappa shape index (κ1) is 22.4. The van der Waals surface area contributed by atoms with Crippen molar-refractivity contribution in [1.29, 1.82) is 0 Å². The van der Waals surface area contributed by atoms with Gasteiger partial charge < -0.3 is 10.1 Å². The van der Waals surface area contributed by atoms with Gasteiger partial charge in [-0.15, -0.1) is 0 Å². The second-order valence-corrected chi connectivity index (χ2v) is 9.00. The standard InChI is InChI=1S/C21H26FN3O4S/c1-15-4-3-5-16(12-15)19(25-8-10-29-11-9-25)14-24-21(26)17-6-7-18(22)20(13-17)30(27,28)23-2/h3-7,12-13,19,23H,8-11,14H2,1-2H3,(H,24,26). The topological polar surface area (TPSA) is 87.7 Å². The summed E-state index contributed by atoms with van der Waals surface area (Å²) in [5, 5.41) is 2.87. The summed E-state index contributed by atoms with van der Waals surface area (Å²) in [5.41, 5.74) is 2.28. The summed E-state index contributed by atoms with van der Waals surface area (Å²) in [6.45, 7) is 5.08. The Balaban J connectivity index is 1.80. The first-order chi connectivity index (χ1) is 14.3. The number of rotatable bonds is 7. The van der Waals surface area contributed by atoms with Gasteiger partial charge in [-0.25, -0.2) is 17.5 Å². The average Bonchev–Trinajstić information content (AvgIpc) is 2.75. The van der Waals surface area contributed by atoms with Gasteiger partial charge >= 0.3 is 0 Å². The maximum atomic E-state index is 14.0. The van der Waals surface area contributed by atoms with Crippen molar-refractivity contribution >= 4 is 15.9 Å². The molecule has 0 saturated carbocycles. The number of benzene rings is 2. The molecule has 1 aliphatic rings. The fourth-order valence-electron chi connectivity index (χ4n) is 3.48. The van der Waals surface area contributed by atoms with Gasteiger partial charge in [0.15, 0.2) is 0 Å². The SMILES string of the molecule is CNS(=O)(=O)c1cc(C(=O)NCC(c2cccc(C)c2)N2CCOCC2)ccc1F. The molecule has 1 aliphatic heterocycles. The van der Waals surface area contributed by atoms with E-state index in [1.165, 1.54) is 13.1 Å². The predicted octanol–water partition coefficient (Wildman–Crippen LogP) is 1.85. The van der Waals surface area contributed by atoms with Crippen LogP contribution < -0.4 is 10.0 Å². The van der Waals surface area contributed by atoms with Crippen molar-refractivity contribution in [1.82, 2.24) is 14.9 Å². The van der Waals surface area contributed by atoms with Crippen LogP contribution in [0.15, 0.2) is 47.4 Å². The number of ether oxygens (including phenoxy) is 1. The Morgan fingerprint density at radius 3 is 2.60 bits per heavy atom. The molecule has 0 radical (unpaired) electrons. The smallest absolute Gasteiger partial charge is 0.251 e. The average molecular weight is 436 g/mol. The van der Waals surface area contributed by atoms with Gasteiger partial charge in [0.1, 0.15) is 10.7 Å². The molecule has 162 valence electrons. The molecule has 0 spiro atoms. The minimum Gasteiger partial charge on any atom is -0.379 e. The highest BCUT2D eigenvalue weighted by molar-refractivity contribution is 7.89. The highest BCUT2D eigenvalue weighted by atomic mass is 32.2. The van der Waals surface area contributed by atoms with Crippen LogP contribution in [-0.4, -0.2) is 59.1 Å². The monoisotopic (exact) mass is 435 g/mol. The van der Waals surface area contributed by atoms with Crippen LogP contribution in [0.3, 0.4) is 0 Å². The molecule has 9 heteroatoms. The normalized spacial score (nSPS) is 16.2. The van der Waals surface area contributed by atoms with Gasteiger partial charge in [-0.2, -0.15) is 0 Å². The maximum Gasteiger partial charge on any atom is 0.251 e. The number of nitrogens with one attached hydrogen (secondary N) is 2. The molecule has 0 aromatic heterocycles. The number of halogens is 1. The fourth-order valence-corrected chi connectivity index (χ4v) is 4.30. The van der Waals surface area contributed by atoms with Crippen molar-refractivity contribution in [2.45, 2.75) is 17.9 Å². The molecule has 1 fully saturated rings. The quantitative estimate of drug-likeness (QED) is 0.693. The molecule has 1 unspecified atom stereocenters. The van der Waals surface area contributed by atoms with E-state index in [0.717, 1.165) is 36.3 Å². The molecule has 7 nitrogen and oxygen atoms in total. The second-order valence-electron chi connectivity index (χ2n) is 7.14. The number of morpholine rings is 1. The van der Waals surface area contributed by atoms with Crippen molar-refractivity contribution in [3.63, 3.8) is 0 Å². The van der Waals surface area contributed by atoms with E-state index in [0.29, 0.717) is 19.8 Å². The number of carbonyl (C=O) groups excluding carboxylic acids is 1. The Morgan fingerprint density at radius 1 is 1.20 bits per heavy atom. The zero-order chi connectivity index (χ0) is 21.7. The van der Waals surface area contributed by atoms with Crippen molar-refractivity contribution < 1.29 is 22.3 Å². The van der Waals surface area contributed by atoms with E-state index < -0.39 is 26.6 Å². The van der Waals surface area contributed by atoms with Crippen LogP contribution in [0.25, 0.3) is 0 Å². The minimum absolute atomic E-state index is 0.0568. The lowest BCUT2D eigenvalue weighted by molar-refractivity contribution is 0.0162. The minimum atomic E-state index is -4.01. The number of hydrogen-bond donors (Lipinski definition) is 2. The molecular weight excluding hydrogens is 409 g/mol. The van der Waals surface area contributed by atoms with Gasteiger partial charge in [0.05, 0.1) is 19.3 Å². The Morgan fingerprint density at radius 2 is 1.93 bits per heavy atom. The lowest BCUT2D eigenvalue weighted by Crippen LogP contribution is -2.43. The lowest BCUT2D eigenvalue weighted by atomic mass is 10.0. The number of amides is 1. The van der Waals surface area contributed by atoms with Crippen molar-refractivity contribution in [3.05, 3.63) is 65.0 Å². The highest BCUT2D eigenvalue weighted by Crippen LogP contribution is 2.23. The zero-order valence-corrected chi connectivity index (χ0v) is 17.8. The molecule has 3 rings (SSSR count). The van der Waals surface area contributed by atoms with E-state index in [1.807, 2.05) is 25.1 Å². The Bertz CT molecular complexity index is 1010. The summed E-state index contributed by atoms with van der Waals surface area (Å²) in [4.78, 5) is 14.4. The number of hydrogen-bond acceptors (Lipinski definition) is 5. The summed E-state index contributed by atoms with van der Waals surface area (Å²) in [7, 11) is -2.82. The van der Waals surface area contributed by atoms with Crippen LogP contribution in [0, 0.1) is 12.7 Å². The molecule has 2 aromatic carbocycles. The summed E-state index contributed by atoms with van der Waals surface area (Å²) in [6.07, 6.45) is 0. The molecule has 2 aromatic rings. The first-order valence-electron chi connectivity index (χ1n) is 9.71. The molecule has 2 N–H and O–H groups in total. The second kappa shape index (κ2) is 9.65. The molecule has 0 aliphatic carbocycles. The largest absolute Gasteiger partial charge is 0.379 e. The summed E-state index contributed by atoms with van der Waals surface area (Å²) in [5.74, 6) is -1.37. The summed E-state index contributed by atoms with van der Waals surface area (Å²) >= 11 is 0. The predicted molar refractivity (Wildman–Crippen MR) is 111 cm³/mol. The first-order valence-corrected chi connectivity index (χ1v) is 11.2. The fraction of sp³-hybridized carbons (Fsp3) is 0.381. The molecule has 30 heavy (non-hydrogen) atoms. The van der Waals surface area contributed by atoms with E-state index in [2.05, 4.69) is 21.0 Å². The maximum absolute atomic E-state index is 14.0. The Kier molecular flexibility index (Phi) is 7.19. The highest BCUT2D eigenvalue weighted by Gasteiger charge is 2.24. The molecule has 0 bridgehead atoms. The zero-order valence-electron chi connectivity index (χ0n) is 17.0. The third kappa shape index (κ3) is 5.23. The Labute approximate surface area is 176 Å². The number of aryl methyl sites for hydroxylation is 1. The molecule has 1 atom stereocenters. The lowest BCUT2D eigenvalue weighted by Gasteiger charge is -2.35. The number of carbonyl (C=O) groups is 1. The molecular formula is C21H26FN3O4S. The van der Waals surface area contributed by atoms with Gasteiger partial charge in [-0.1, -0.05) is 29.8 Å². The van der Waals surface area contributed by atoms with Crippen LogP contribution in [0.4, 0.5) is 4.39 Å². The van der Waals surface area contributed by atoms with Crippen molar-refractivity contribution in [2.24, 2.45) is 0 Å². The van der Waals surface area contributed by atoms with E-state index >= 15 is 0 Å². The molecule has 1 heterocycles. The van der Waals surface area contributed by atoms with Gasteiger partial charge in [0.25, 0.3) is 5.91 Å². The third-order valence-electron chi connectivity index (χ3n) is 5.12. The number of nitrogens with zero attached hydrogens (tertiary/aromatic N) is 1.